The van der Waals surface area contributed by atoms with E-state index in [4.69, 9.17) is 4.84 Å². The molecule has 0 N–H and O–H groups in total. The third-order valence-electron chi connectivity index (χ3n) is 2.97. The molecule has 0 unspecified atom stereocenters. The molecule has 1 heterocycles. The molecule has 21 heavy (non-hydrogen) atoms. The van der Waals surface area contributed by atoms with Crippen LogP contribution >= 0.6 is 0 Å². The Balaban J connectivity index is 1.97. The number of aromatic nitrogens is 1. The zero-order valence-electron chi connectivity index (χ0n) is 11.4. The highest BCUT2D eigenvalue weighted by Crippen LogP contribution is 2.13. The molecular weight excluding hydrogens is 260 g/mol. The van der Waals surface area contributed by atoms with Gasteiger partial charge in [-0.3, -0.25) is 4.98 Å². The van der Waals surface area contributed by atoms with Crippen LogP contribution in [0.4, 0.5) is 0 Å². The molecule has 0 amide bonds. The van der Waals surface area contributed by atoms with Gasteiger partial charge in [0, 0.05) is 23.5 Å². The molecule has 0 fully saturated rings. The number of para-hydroxylation sites is 1. The van der Waals surface area contributed by atoms with Crippen molar-refractivity contribution >= 4 is 5.71 Å². The minimum Gasteiger partial charge on any atom is -0.356 e. The average molecular weight is 274 g/mol. The Morgan fingerprint density at radius 2 is 1.43 bits per heavy atom. The zero-order chi connectivity index (χ0) is 14.3. The smallest absolute Gasteiger partial charge is 0.157 e. The predicted molar refractivity (Wildman–Crippen MR) is 83.4 cm³/mol. The van der Waals surface area contributed by atoms with Gasteiger partial charge in [0.1, 0.15) is 5.71 Å². The van der Waals surface area contributed by atoms with Crippen LogP contribution in [0.5, 0.6) is 5.75 Å². The number of benzene rings is 2. The molecule has 3 heteroatoms. The molecule has 0 saturated heterocycles. The van der Waals surface area contributed by atoms with Crippen molar-refractivity contribution in [2.75, 3.05) is 0 Å². The maximum atomic E-state index is 5.54. The topological polar surface area (TPSA) is 34.5 Å². The van der Waals surface area contributed by atoms with Gasteiger partial charge in [0.25, 0.3) is 0 Å². The first-order valence-electron chi connectivity index (χ1n) is 6.69. The number of hydrogen-bond donors (Lipinski definition) is 0. The molecule has 102 valence electrons. The van der Waals surface area contributed by atoms with Gasteiger partial charge in [0.2, 0.25) is 0 Å². The summed E-state index contributed by atoms with van der Waals surface area (Å²) in [5.41, 5.74) is 2.66. The van der Waals surface area contributed by atoms with E-state index in [2.05, 4.69) is 10.1 Å². The molecule has 0 bridgehead atoms. The van der Waals surface area contributed by atoms with E-state index in [1.807, 2.05) is 72.8 Å². The van der Waals surface area contributed by atoms with Crippen LogP contribution in [0.15, 0.2) is 90.3 Å². The van der Waals surface area contributed by atoms with E-state index in [0.29, 0.717) is 5.75 Å². The van der Waals surface area contributed by atoms with Crippen LogP contribution < -0.4 is 4.84 Å². The second-order valence-electron chi connectivity index (χ2n) is 4.45. The van der Waals surface area contributed by atoms with Crippen molar-refractivity contribution in [1.29, 1.82) is 0 Å². The number of pyridine rings is 1. The van der Waals surface area contributed by atoms with Crippen LogP contribution in [0.3, 0.4) is 0 Å². The van der Waals surface area contributed by atoms with Gasteiger partial charge in [-0.05, 0) is 24.3 Å². The van der Waals surface area contributed by atoms with E-state index in [-0.39, 0.29) is 0 Å². The first-order chi connectivity index (χ1) is 10.4. The highest BCUT2D eigenvalue weighted by molar-refractivity contribution is 6.12. The monoisotopic (exact) mass is 274 g/mol. The summed E-state index contributed by atoms with van der Waals surface area (Å²) in [6.45, 7) is 0. The molecule has 3 nitrogen and oxygen atoms in total. The van der Waals surface area contributed by atoms with E-state index in [1.165, 1.54) is 0 Å². The molecule has 0 aliphatic carbocycles. The molecule has 2 aromatic carbocycles. The molecule has 0 saturated carbocycles. The summed E-state index contributed by atoms with van der Waals surface area (Å²) in [4.78, 5) is 9.69. The van der Waals surface area contributed by atoms with Gasteiger partial charge >= 0.3 is 0 Å². The summed E-state index contributed by atoms with van der Waals surface area (Å²) in [6.07, 6.45) is 3.52. The van der Waals surface area contributed by atoms with Gasteiger partial charge < -0.3 is 4.84 Å². The molecule has 0 atom stereocenters. The summed E-state index contributed by atoms with van der Waals surface area (Å²) in [6, 6.07) is 23.3. The zero-order valence-corrected chi connectivity index (χ0v) is 11.4. The number of rotatable bonds is 4. The molecule has 3 aromatic rings. The minimum atomic E-state index is 0.704. The van der Waals surface area contributed by atoms with Crippen molar-refractivity contribution in [2.45, 2.75) is 0 Å². The second kappa shape index (κ2) is 6.48. The summed E-state index contributed by atoms with van der Waals surface area (Å²) in [5.74, 6) is 0.704. The van der Waals surface area contributed by atoms with E-state index < -0.39 is 0 Å². The summed E-state index contributed by atoms with van der Waals surface area (Å²) < 4.78 is 0. The van der Waals surface area contributed by atoms with Crippen LogP contribution in [0, 0.1) is 0 Å². The predicted octanol–water partition coefficient (Wildman–Crippen LogP) is 3.91. The van der Waals surface area contributed by atoms with Crippen LogP contribution in [0.25, 0.3) is 0 Å². The Hall–Kier alpha value is -2.94. The number of hydrogen-bond acceptors (Lipinski definition) is 3. The van der Waals surface area contributed by atoms with Crippen molar-refractivity contribution in [3.8, 4) is 5.75 Å². The van der Waals surface area contributed by atoms with Crippen LogP contribution in [-0.2, 0) is 0 Å². The van der Waals surface area contributed by atoms with E-state index >= 15 is 0 Å². The Morgan fingerprint density at radius 3 is 2.10 bits per heavy atom. The lowest BCUT2D eigenvalue weighted by molar-refractivity contribution is 0.342. The molecule has 0 aliphatic heterocycles. The number of nitrogens with zero attached hydrogens (tertiary/aromatic N) is 2. The summed E-state index contributed by atoms with van der Waals surface area (Å²) in [7, 11) is 0. The maximum absolute atomic E-state index is 5.54. The van der Waals surface area contributed by atoms with Crippen molar-refractivity contribution in [3.05, 3.63) is 96.3 Å². The highest BCUT2D eigenvalue weighted by atomic mass is 16.6. The van der Waals surface area contributed by atoms with Gasteiger partial charge in [-0.1, -0.05) is 53.7 Å². The lowest BCUT2D eigenvalue weighted by Gasteiger charge is -2.06. The van der Waals surface area contributed by atoms with Crippen LogP contribution in [0.2, 0.25) is 0 Å². The van der Waals surface area contributed by atoms with Crippen molar-refractivity contribution in [2.24, 2.45) is 5.16 Å². The Kier molecular flexibility index (Phi) is 4.03. The fraction of sp³-hybridized carbons (Fsp3) is 0. The molecule has 0 spiro atoms. The highest BCUT2D eigenvalue weighted by Gasteiger charge is 2.07. The van der Waals surface area contributed by atoms with Crippen molar-refractivity contribution in [3.63, 3.8) is 0 Å². The largest absolute Gasteiger partial charge is 0.356 e. The lowest BCUT2D eigenvalue weighted by Crippen LogP contribution is -2.05. The third kappa shape index (κ3) is 3.34. The van der Waals surface area contributed by atoms with Gasteiger partial charge in [-0.2, -0.15) is 0 Å². The summed E-state index contributed by atoms with van der Waals surface area (Å²) >= 11 is 0. The van der Waals surface area contributed by atoms with Crippen LogP contribution in [0.1, 0.15) is 11.1 Å². The number of oxime groups is 1. The van der Waals surface area contributed by atoms with E-state index in [0.717, 1.165) is 16.8 Å². The SMILES string of the molecule is c1ccc(O/N=C(/c2ccccc2)c2cccnc2)cc1. The molecule has 0 aliphatic rings. The fourth-order valence-electron chi connectivity index (χ4n) is 1.95. The van der Waals surface area contributed by atoms with Gasteiger partial charge in [-0.25, -0.2) is 0 Å². The van der Waals surface area contributed by atoms with Gasteiger partial charge in [0.15, 0.2) is 5.75 Å². The Morgan fingerprint density at radius 1 is 0.762 bits per heavy atom. The van der Waals surface area contributed by atoms with E-state index in [9.17, 15) is 0 Å². The fourth-order valence-corrected chi connectivity index (χ4v) is 1.95. The van der Waals surface area contributed by atoms with Gasteiger partial charge in [0.05, 0.1) is 0 Å². The van der Waals surface area contributed by atoms with Crippen molar-refractivity contribution in [1.82, 2.24) is 4.98 Å². The quantitative estimate of drug-likeness (QED) is 0.534. The molecule has 0 radical (unpaired) electrons. The van der Waals surface area contributed by atoms with Crippen LogP contribution in [-0.4, -0.2) is 10.7 Å². The lowest BCUT2D eigenvalue weighted by atomic mass is 10.0. The first-order valence-corrected chi connectivity index (χ1v) is 6.69. The second-order valence-corrected chi connectivity index (χ2v) is 4.45. The Bertz CT molecular complexity index is 668. The first kappa shape index (κ1) is 13.1. The average Bonchev–Trinajstić information content (AvgIpc) is 2.58. The van der Waals surface area contributed by atoms with E-state index in [1.54, 1.807) is 12.4 Å². The Labute approximate surface area is 123 Å². The standard InChI is InChI=1S/C18H14N2O/c1-3-8-15(9-4-1)18(16-10-7-13-19-14-16)20-21-17-11-5-2-6-12-17/h1-14H/b20-18-. The minimum absolute atomic E-state index is 0.704. The third-order valence-corrected chi connectivity index (χ3v) is 2.97. The normalized spacial score (nSPS) is 11.1. The summed E-state index contributed by atoms with van der Waals surface area (Å²) in [5, 5.41) is 4.31. The molecule has 1 aromatic heterocycles. The maximum Gasteiger partial charge on any atom is 0.157 e. The van der Waals surface area contributed by atoms with Crippen molar-refractivity contribution < 1.29 is 4.84 Å². The molecular formula is C18H14N2O. The van der Waals surface area contributed by atoms with Gasteiger partial charge in [-0.15, -0.1) is 0 Å². The molecule has 3 rings (SSSR count).